The summed E-state index contributed by atoms with van der Waals surface area (Å²) < 4.78 is 22.1. The van der Waals surface area contributed by atoms with Gasteiger partial charge in [-0.15, -0.1) is 0 Å². The molecule has 0 radical (unpaired) electrons. The van der Waals surface area contributed by atoms with Crippen LogP contribution in [0.25, 0.3) is 0 Å². The molecule has 1 N–H and O–H groups in total. The van der Waals surface area contributed by atoms with Crippen LogP contribution in [-0.4, -0.2) is 42.3 Å². The molecule has 0 atom stereocenters. The fourth-order valence-corrected chi connectivity index (χ4v) is 4.22. The molecular weight excluding hydrogens is 250 g/mol. The summed E-state index contributed by atoms with van der Waals surface area (Å²) in [7, 11) is -0.839. The van der Waals surface area contributed by atoms with Crippen molar-refractivity contribution in [1.29, 1.82) is 0 Å². The Morgan fingerprint density at radius 1 is 1.00 bits per heavy atom. The summed E-state index contributed by atoms with van der Waals surface area (Å²) in [4.78, 5) is 0. The minimum atomic E-state index is -2.46. The van der Waals surface area contributed by atoms with Gasteiger partial charge >= 0.3 is 8.80 Å². The Balaban J connectivity index is 4.08. The van der Waals surface area contributed by atoms with Crippen LogP contribution in [0.5, 0.6) is 0 Å². The third-order valence-electron chi connectivity index (χ3n) is 2.22. The highest BCUT2D eigenvalue weighted by Gasteiger charge is 2.39. The number of hydrogen-bond donors (Lipinski definition) is 1. The van der Waals surface area contributed by atoms with Crippen LogP contribution in [0.3, 0.4) is 0 Å². The van der Waals surface area contributed by atoms with Gasteiger partial charge < -0.3 is 23.3 Å². The molecule has 0 aliphatic rings. The topological polar surface area (TPSA) is 49.0 Å². The largest absolute Gasteiger partial charge is 0.503 e. The van der Waals surface area contributed by atoms with Gasteiger partial charge in [-0.2, -0.15) is 0 Å². The first-order valence-electron chi connectivity index (χ1n) is 6.57. The maximum absolute atomic E-state index is 5.76. The van der Waals surface area contributed by atoms with Gasteiger partial charge in [-0.25, -0.2) is 0 Å². The SMILES string of the molecule is CCO[Si](CCCNC=COC)(OCC)OCC. The van der Waals surface area contributed by atoms with E-state index in [1.807, 2.05) is 20.8 Å². The van der Waals surface area contributed by atoms with E-state index in [2.05, 4.69) is 5.32 Å². The van der Waals surface area contributed by atoms with E-state index in [9.17, 15) is 0 Å². The maximum atomic E-state index is 5.76. The molecule has 0 aromatic heterocycles. The monoisotopic (exact) mass is 277 g/mol. The lowest BCUT2D eigenvalue weighted by molar-refractivity contribution is 0.0709. The zero-order chi connectivity index (χ0) is 13.7. The number of nitrogens with one attached hydrogen (secondary N) is 1. The number of hydrogen-bond acceptors (Lipinski definition) is 5. The van der Waals surface area contributed by atoms with Gasteiger partial charge in [0.05, 0.1) is 13.4 Å². The van der Waals surface area contributed by atoms with Crippen molar-refractivity contribution in [2.45, 2.75) is 33.2 Å². The Hall–Kier alpha value is -0.563. The van der Waals surface area contributed by atoms with E-state index in [1.54, 1.807) is 19.6 Å². The van der Waals surface area contributed by atoms with Crippen LogP contribution < -0.4 is 5.32 Å². The Morgan fingerprint density at radius 2 is 1.56 bits per heavy atom. The highest BCUT2D eigenvalue weighted by atomic mass is 28.4. The van der Waals surface area contributed by atoms with E-state index in [0.29, 0.717) is 19.8 Å². The van der Waals surface area contributed by atoms with Gasteiger partial charge in [0, 0.05) is 38.6 Å². The molecule has 5 nitrogen and oxygen atoms in total. The van der Waals surface area contributed by atoms with Crippen LogP contribution in [0.1, 0.15) is 27.2 Å². The summed E-state index contributed by atoms with van der Waals surface area (Å²) in [5.41, 5.74) is 0. The van der Waals surface area contributed by atoms with Gasteiger partial charge in [0.25, 0.3) is 0 Å². The molecule has 0 aliphatic heterocycles. The van der Waals surface area contributed by atoms with Crippen molar-refractivity contribution in [1.82, 2.24) is 5.32 Å². The first kappa shape index (κ1) is 17.4. The summed E-state index contributed by atoms with van der Waals surface area (Å²) >= 11 is 0. The molecule has 18 heavy (non-hydrogen) atoms. The van der Waals surface area contributed by atoms with Crippen molar-refractivity contribution in [3.63, 3.8) is 0 Å². The molecule has 6 heteroatoms. The van der Waals surface area contributed by atoms with Crippen molar-refractivity contribution < 1.29 is 18.0 Å². The molecule has 0 aromatic rings. The van der Waals surface area contributed by atoms with Gasteiger partial charge in [0.2, 0.25) is 0 Å². The highest BCUT2D eigenvalue weighted by Crippen LogP contribution is 2.17. The van der Waals surface area contributed by atoms with Crippen molar-refractivity contribution in [2.75, 3.05) is 33.5 Å². The second-order valence-electron chi connectivity index (χ2n) is 3.58. The van der Waals surface area contributed by atoms with Gasteiger partial charge in [0.1, 0.15) is 0 Å². The molecule has 0 bridgehead atoms. The molecule has 0 saturated carbocycles. The average molecular weight is 277 g/mol. The van der Waals surface area contributed by atoms with Crippen LogP contribution in [-0.2, 0) is 18.0 Å². The molecule has 0 heterocycles. The van der Waals surface area contributed by atoms with Crippen LogP contribution in [0.15, 0.2) is 12.5 Å². The second kappa shape index (κ2) is 11.5. The zero-order valence-corrected chi connectivity index (χ0v) is 13.0. The first-order chi connectivity index (χ1) is 8.74. The van der Waals surface area contributed by atoms with Gasteiger partial charge in [0.15, 0.2) is 0 Å². The van der Waals surface area contributed by atoms with Crippen molar-refractivity contribution >= 4 is 8.80 Å². The van der Waals surface area contributed by atoms with Gasteiger partial charge in [-0.1, -0.05) is 0 Å². The fourth-order valence-electron chi connectivity index (χ4n) is 1.61. The predicted octanol–water partition coefficient (Wildman–Crippen LogP) is 2.13. The Morgan fingerprint density at radius 3 is 2.00 bits per heavy atom. The minimum absolute atomic E-state index is 0.628. The standard InChI is InChI=1S/C12H27NO4Si/c1-5-15-18(16-6-2,17-7-3)12-8-9-13-10-11-14-4/h10-11,13H,5-9,12H2,1-4H3. The molecule has 0 saturated heterocycles. The normalized spacial score (nSPS) is 12.0. The quantitative estimate of drug-likeness (QED) is 0.336. The highest BCUT2D eigenvalue weighted by molar-refractivity contribution is 6.60. The van der Waals surface area contributed by atoms with Crippen LogP contribution in [0.4, 0.5) is 0 Å². The Labute approximate surface area is 112 Å². The lowest BCUT2D eigenvalue weighted by Gasteiger charge is -2.28. The van der Waals surface area contributed by atoms with E-state index in [-0.39, 0.29) is 0 Å². The molecule has 0 spiro atoms. The zero-order valence-electron chi connectivity index (χ0n) is 12.0. The van der Waals surface area contributed by atoms with Gasteiger partial charge in [-0.05, 0) is 27.2 Å². The Kier molecular flexibility index (Phi) is 11.2. The molecular formula is C12H27NO4Si. The summed E-state index contributed by atoms with van der Waals surface area (Å²) in [6.45, 7) is 8.65. The lowest BCUT2D eigenvalue weighted by atomic mass is 10.5. The van der Waals surface area contributed by atoms with Crippen LogP contribution >= 0.6 is 0 Å². The van der Waals surface area contributed by atoms with E-state index in [4.69, 9.17) is 18.0 Å². The summed E-state index contributed by atoms with van der Waals surface area (Å²) in [5.74, 6) is 0. The first-order valence-corrected chi connectivity index (χ1v) is 8.50. The summed E-state index contributed by atoms with van der Waals surface area (Å²) in [5, 5.41) is 3.14. The van der Waals surface area contributed by atoms with E-state index < -0.39 is 8.80 Å². The summed E-state index contributed by atoms with van der Waals surface area (Å²) in [6.07, 6.45) is 4.34. The van der Waals surface area contributed by atoms with Crippen molar-refractivity contribution in [3.8, 4) is 0 Å². The molecule has 0 unspecified atom stereocenters. The second-order valence-corrected chi connectivity index (χ2v) is 6.31. The lowest BCUT2D eigenvalue weighted by Crippen LogP contribution is -2.46. The molecule has 0 aliphatic carbocycles. The molecule has 0 aromatic carbocycles. The summed E-state index contributed by atoms with van der Waals surface area (Å²) in [6, 6.07) is 0.830. The molecule has 0 fully saturated rings. The van der Waals surface area contributed by atoms with E-state index in [0.717, 1.165) is 19.0 Å². The number of methoxy groups -OCH3 is 1. The molecule has 0 rings (SSSR count). The van der Waals surface area contributed by atoms with E-state index in [1.165, 1.54) is 0 Å². The van der Waals surface area contributed by atoms with Gasteiger partial charge in [-0.3, -0.25) is 0 Å². The van der Waals surface area contributed by atoms with Crippen LogP contribution in [0.2, 0.25) is 6.04 Å². The third kappa shape index (κ3) is 7.70. The average Bonchev–Trinajstić information content (AvgIpc) is 2.35. The fraction of sp³-hybridized carbons (Fsp3) is 0.833. The molecule has 108 valence electrons. The third-order valence-corrected chi connectivity index (χ3v) is 5.37. The predicted molar refractivity (Wildman–Crippen MR) is 74.2 cm³/mol. The smallest absolute Gasteiger partial charge is 0.500 e. The van der Waals surface area contributed by atoms with Crippen molar-refractivity contribution in [3.05, 3.63) is 12.5 Å². The number of ether oxygens (including phenoxy) is 1. The maximum Gasteiger partial charge on any atom is 0.500 e. The number of rotatable bonds is 12. The van der Waals surface area contributed by atoms with E-state index >= 15 is 0 Å². The van der Waals surface area contributed by atoms with Crippen LogP contribution in [0, 0.1) is 0 Å². The molecule has 0 amide bonds. The minimum Gasteiger partial charge on any atom is -0.503 e. The Bertz CT molecular complexity index is 197. The van der Waals surface area contributed by atoms with Crippen molar-refractivity contribution in [2.24, 2.45) is 0 Å².